The molecular formula is C13H15N3O2. The number of nitrogen functional groups attached to an aromatic ring is 1. The number of carbonyl (C=O) groups excluding carboxylic acids is 2. The quantitative estimate of drug-likeness (QED) is 0.603. The van der Waals surface area contributed by atoms with Crippen LogP contribution in [-0.2, 0) is 4.79 Å². The number of nitrogens with zero attached hydrogens (tertiary/aromatic N) is 2. The highest BCUT2D eigenvalue weighted by Crippen LogP contribution is 2.31. The fourth-order valence-electron chi connectivity index (χ4n) is 2.69. The van der Waals surface area contributed by atoms with E-state index in [-0.39, 0.29) is 18.0 Å². The second-order valence-electron chi connectivity index (χ2n) is 4.76. The van der Waals surface area contributed by atoms with Crippen molar-refractivity contribution in [1.29, 1.82) is 0 Å². The predicted octanol–water partition coefficient (Wildman–Crippen LogP) is 1.59. The van der Waals surface area contributed by atoms with E-state index in [0.717, 1.165) is 19.3 Å². The molecule has 5 heteroatoms. The highest BCUT2D eigenvalue weighted by molar-refractivity contribution is 6.21. The predicted molar refractivity (Wildman–Crippen MR) is 68.1 cm³/mol. The van der Waals surface area contributed by atoms with Crippen LogP contribution in [0.25, 0.3) is 0 Å². The summed E-state index contributed by atoms with van der Waals surface area (Å²) in [7, 11) is 0. The molecule has 0 aromatic heterocycles. The summed E-state index contributed by atoms with van der Waals surface area (Å²) in [5.41, 5.74) is 6.82. The van der Waals surface area contributed by atoms with Crippen LogP contribution in [0.2, 0.25) is 0 Å². The van der Waals surface area contributed by atoms with E-state index in [1.807, 2.05) is 0 Å². The van der Waals surface area contributed by atoms with Crippen molar-refractivity contribution < 1.29 is 9.59 Å². The van der Waals surface area contributed by atoms with Gasteiger partial charge in [0.25, 0.3) is 5.91 Å². The topological polar surface area (TPSA) is 66.6 Å². The fourth-order valence-corrected chi connectivity index (χ4v) is 2.69. The third-order valence-electron chi connectivity index (χ3n) is 3.57. The maximum absolute atomic E-state index is 12.3. The van der Waals surface area contributed by atoms with E-state index in [9.17, 15) is 9.59 Å². The van der Waals surface area contributed by atoms with E-state index in [4.69, 9.17) is 5.73 Å². The Bertz CT molecular complexity index is 491. The first-order chi connectivity index (χ1) is 8.68. The van der Waals surface area contributed by atoms with Crippen molar-refractivity contribution in [3.63, 3.8) is 0 Å². The first-order valence-electron chi connectivity index (χ1n) is 6.18. The molecule has 1 aromatic carbocycles. The number of fused-ring (bicyclic) bond motifs is 1. The number of benzene rings is 1. The fraction of sp³-hybridized carbons (Fsp3) is 0.385. The molecule has 2 aliphatic heterocycles. The Balaban J connectivity index is 1.97. The third kappa shape index (κ3) is 1.54. The summed E-state index contributed by atoms with van der Waals surface area (Å²) < 4.78 is 0. The molecule has 0 spiro atoms. The summed E-state index contributed by atoms with van der Waals surface area (Å²) in [4.78, 5) is 27.5. The van der Waals surface area contributed by atoms with Crippen LogP contribution in [0.5, 0.6) is 0 Å². The molecule has 3 amide bonds. The molecule has 0 unspecified atom stereocenters. The summed E-state index contributed by atoms with van der Waals surface area (Å²) in [5, 5.41) is 0. The second-order valence-corrected chi connectivity index (χ2v) is 4.76. The minimum absolute atomic E-state index is 0.120. The number of rotatable bonds is 1. The Labute approximate surface area is 105 Å². The SMILES string of the molecule is Nc1cccc(N2C(=O)[C@@H]3CCCCN3C2=O)c1. The summed E-state index contributed by atoms with van der Waals surface area (Å²) in [6.45, 7) is 0.675. The van der Waals surface area contributed by atoms with E-state index >= 15 is 0 Å². The van der Waals surface area contributed by atoms with Crippen molar-refractivity contribution in [2.75, 3.05) is 17.2 Å². The maximum Gasteiger partial charge on any atom is 0.332 e. The van der Waals surface area contributed by atoms with E-state index < -0.39 is 0 Å². The van der Waals surface area contributed by atoms with Crippen LogP contribution in [0.4, 0.5) is 16.2 Å². The van der Waals surface area contributed by atoms with Crippen LogP contribution in [-0.4, -0.2) is 29.4 Å². The standard InChI is InChI=1S/C13H15N3O2/c14-9-4-3-5-10(8-9)16-12(17)11-6-1-2-7-15(11)13(16)18/h3-5,8,11H,1-2,6-7,14H2/t11-/m0/s1. The largest absolute Gasteiger partial charge is 0.399 e. The molecule has 1 atom stereocenters. The Morgan fingerprint density at radius 3 is 2.78 bits per heavy atom. The van der Waals surface area contributed by atoms with Gasteiger partial charge in [-0.2, -0.15) is 0 Å². The molecule has 2 saturated heterocycles. The van der Waals surface area contributed by atoms with Gasteiger partial charge in [-0.15, -0.1) is 0 Å². The van der Waals surface area contributed by atoms with Crippen LogP contribution in [0.1, 0.15) is 19.3 Å². The Kier molecular flexibility index (Phi) is 2.47. The lowest BCUT2D eigenvalue weighted by Crippen LogP contribution is -2.39. The number of piperidine rings is 1. The van der Waals surface area contributed by atoms with E-state index in [0.29, 0.717) is 17.9 Å². The van der Waals surface area contributed by atoms with Gasteiger partial charge in [-0.3, -0.25) is 4.79 Å². The van der Waals surface area contributed by atoms with Crippen LogP contribution >= 0.6 is 0 Å². The van der Waals surface area contributed by atoms with Crippen molar-refractivity contribution in [3.05, 3.63) is 24.3 Å². The van der Waals surface area contributed by atoms with Gasteiger partial charge in [-0.05, 0) is 37.5 Å². The minimum atomic E-state index is -0.271. The van der Waals surface area contributed by atoms with Gasteiger partial charge in [0.1, 0.15) is 6.04 Å². The number of carbonyl (C=O) groups is 2. The van der Waals surface area contributed by atoms with Crippen LogP contribution < -0.4 is 10.6 Å². The number of nitrogens with two attached hydrogens (primary N) is 1. The number of amides is 3. The van der Waals surface area contributed by atoms with Crippen LogP contribution in [0.15, 0.2) is 24.3 Å². The van der Waals surface area contributed by atoms with Gasteiger partial charge in [-0.1, -0.05) is 6.07 Å². The van der Waals surface area contributed by atoms with E-state index in [1.165, 1.54) is 4.90 Å². The zero-order chi connectivity index (χ0) is 12.7. The van der Waals surface area contributed by atoms with Crippen LogP contribution in [0, 0.1) is 0 Å². The van der Waals surface area contributed by atoms with Gasteiger partial charge < -0.3 is 10.6 Å². The van der Waals surface area contributed by atoms with Gasteiger partial charge >= 0.3 is 6.03 Å². The Morgan fingerprint density at radius 1 is 1.22 bits per heavy atom. The van der Waals surface area contributed by atoms with Crippen molar-refractivity contribution in [3.8, 4) is 0 Å². The minimum Gasteiger partial charge on any atom is -0.399 e. The van der Waals surface area contributed by atoms with Gasteiger partial charge in [-0.25, -0.2) is 9.69 Å². The summed E-state index contributed by atoms with van der Waals surface area (Å²) in [6, 6.07) is 6.41. The highest BCUT2D eigenvalue weighted by atomic mass is 16.2. The van der Waals surface area contributed by atoms with Gasteiger partial charge in [0.2, 0.25) is 0 Å². The van der Waals surface area contributed by atoms with E-state index in [2.05, 4.69) is 0 Å². The number of anilines is 2. The van der Waals surface area contributed by atoms with Gasteiger partial charge in [0.15, 0.2) is 0 Å². The summed E-state index contributed by atoms with van der Waals surface area (Å²) in [5.74, 6) is -0.120. The van der Waals surface area contributed by atoms with Crippen molar-refractivity contribution in [2.45, 2.75) is 25.3 Å². The van der Waals surface area contributed by atoms with Gasteiger partial charge in [0, 0.05) is 12.2 Å². The molecule has 2 aliphatic rings. The summed E-state index contributed by atoms with van der Waals surface area (Å²) in [6.07, 6.45) is 2.74. The Hall–Kier alpha value is -2.04. The molecule has 1 aromatic rings. The molecule has 2 fully saturated rings. The van der Waals surface area contributed by atoms with Crippen molar-refractivity contribution in [1.82, 2.24) is 4.90 Å². The lowest BCUT2D eigenvalue weighted by Gasteiger charge is -2.25. The van der Waals surface area contributed by atoms with Crippen LogP contribution in [0.3, 0.4) is 0 Å². The number of hydrogen-bond acceptors (Lipinski definition) is 3. The molecule has 0 saturated carbocycles. The monoisotopic (exact) mass is 245 g/mol. The average molecular weight is 245 g/mol. The molecule has 2 heterocycles. The zero-order valence-electron chi connectivity index (χ0n) is 10.0. The molecule has 18 heavy (non-hydrogen) atoms. The smallest absolute Gasteiger partial charge is 0.332 e. The first kappa shape index (κ1) is 11.1. The van der Waals surface area contributed by atoms with Gasteiger partial charge in [0.05, 0.1) is 5.69 Å². The lowest BCUT2D eigenvalue weighted by atomic mass is 10.0. The van der Waals surface area contributed by atoms with E-state index in [1.54, 1.807) is 29.2 Å². The molecule has 3 rings (SSSR count). The van der Waals surface area contributed by atoms with Crippen molar-refractivity contribution in [2.24, 2.45) is 0 Å². The lowest BCUT2D eigenvalue weighted by molar-refractivity contribution is -0.120. The maximum atomic E-state index is 12.3. The zero-order valence-corrected chi connectivity index (χ0v) is 10.0. The molecule has 0 radical (unpaired) electrons. The Morgan fingerprint density at radius 2 is 2.06 bits per heavy atom. The third-order valence-corrected chi connectivity index (χ3v) is 3.57. The molecule has 5 nitrogen and oxygen atoms in total. The second kappa shape index (κ2) is 4.01. The number of urea groups is 1. The first-order valence-corrected chi connectivity index (χ1v) is 6.18. The number of hydrogen-bond donors (Lipinski definition) is 1. The normalized spacial score (nSPS) is 23.4. The molecule has 0 bridgehead atoms. The molecular weight excluding hydrogens is 230 g/mol. The summed E-state index contributed by atoms with van der Waals surface area (Å²) >= 11 is 0. The number of imide groups is 1. The highest BCUT2D eigenvalue weighted by Gasteiger charge is 2.46. The van der Waals surface area contributed by atoms with Crippen molar-refractivity contribution >= 4 is 23.3 Å². The average Bonchev–Trinajstić information content (AvgIpc) is 2.63. The molecule has 0 aliphatic carbocycles. The molecule has 2 N–H and O–H groups in total. The molecule has 94 valence electrons.